The number of carbonyl (C=O) groups is 3. The zero-order valence-electron chi connectivity index (χ0n) is 14.1. The lowest BCUT2D eigenvalue weighted by molar-refractivity contribution is -0.117. The largest absolute Gasteiger partial charge is 0.370 e. The minimum absolute atomic E-state index is 0.0690. The summed E-state index contributed by atoms with van der Waals surface area (Å²) in [7, 11) is 0. The summed E-state index contributed by atoms with van der Waals surface area (Å²) in [5, 5.41) is 12.2. The lowest BCUT2D eigenvalue weighted by atomic mass is 10.2. The Morgan fingerprint density at radius 2 is 1.96 bits per heavy atom. The second-order valence-electron chi connectivity index (χ2n) is 5.96. The van der Waals surface area contributed by atoms with Gasteiger partial charge in [-0.3, -0.25) is 14.3 Å². The molecular formula is C17H20N6O3. The molecule has 4 amide bonds. The van der Waals surface area contributed by atoms with Crippen molar-refractivity contribution in [2.75, 3.05) is 17.2 Å². The van der Waals surface area contributed by atoms with Crippen molar-refractivity contribution < 1.29 is 14.4 Å². The maximum atomic E-state index is 12.5. The van der Waals surface area contributed by atoms with Crippen molar-refractivity contribution in [2.24, 2.45) is 5.73 Å². The van der Waals surface area contributed by atoms with E-state index in [-0.39, 0.29) is 18.9 Å². The summed E-state index contributed by atoms with van der Waals surface area (Å²) in [5.74, 6) is -0.710. The van der Waals surface area contributed by atoms with E-state index in [1.165, 1.54) is 0 Å². The van der Waals surface area contributed by atoms with Crippen molar-refractivity contribution in [3.63, 3.8) is 0 Å². The van der Waals surface area contributed by atoms with Crippen LogP contribution in [0, 0.1) is 0 Å². The minimum Gasteiger partial charge on any atom is -0.370 e. The van der Waals surface area contributed by atoms with Gasteiger partial charge in [-0.15, -0.1) is 0 Å². The smallest absolute Gasteiger partial charge is 0.319 e. The summed E-state index contributed by atoms with van der Waals surface area (Å²) < 4.78 is 1.85. The molecule has 1 aromatic carbocycles. The molecule has 26 heavy (non-hydrogen) atoms. The average molecular weight is 356 g/mol. The molecule has 0 fully saturated rings. The fraction of sp³-hybridized carbons (Fsp3) is 0.294. The number of aryl methyl sites for hydroxylation is 1. The Hall–Kier alpha value is -3.36. The van der Waals surface area contributed by atoms with Crippen LogP contribution in [0.2, 0.25) is 0 Å². The summed E-state index contributed by atoms with van der Waals surface area (Å²) >= 11 is 0. The van der Waals surface area contributed by atoms with Crippen LogP contribution in [0.25, 0.3) is 0 Å². The second-order valence-corrected chi connectivity index (χ2v) is 5.96. The quantitative estimate of drug-likeness (QED) is 0.616. The second kappa shape index (κ2) is 7.68. The maximum absolute atomic E-state index is 12.5. The lowest BCUT2D eigenvalue weighted by Gasteiger charge is -2.09. The highest BCUT2D eigenvalue weighted by atomic mass is 16.2. The number of hydrogen-bond acceptors (Lipinski definition) is 4. The number of carbonyl (C=O) groups excluding carboxylic acids is 3. The first-order chi connectivity index (χ1) is 12.5. The molecule has 2 heterocycles. The number of nitrogens with zero attached hydrogens (tertiary/aromatic N) is 2. The van der Waals surface area contributed by atoms with Crippen molar-refractivity contribution in [2.45, 2.75) is 25.8 Å². The Kier molecular flexibility index (Phi) is 5.16. The van der Waals surface area contributed by atoms with Crippen LogP contribution in [0.15, 0.2) is 30.5 Å². The van der Waals surface area contributed by atoms with Gasteiger partial charge in [-0.25, -0.2) is 4.79 Å². The maximum Gasteiger partial charge on any atom is 0.319 e. The molecule has 0 atom stereocenters. The van der Waals surface area contributed by atoms with Gasteiger partial charge in [0.1, 0.15) is 0 Å². The summed E-state index contributed by atoms with van der Waals surface area (Å²) in [6.07, 6.45) is 3.49. The van der Waals surface area contributed by atoms with Gasteiger partial charge in [-0.05, 0) is 31.0 Å². The van der Waals surface area contributed by atoms with E-state index in [1.54, 1.807) is 30.5 Å². The molecule has 1 aliphatic rings. The van der Waals surface area contributed by atoms with E-state index in [0.717, 1.165) is 25.1 Å². The number of urea groups is 1. The van der Waals surface area contributed by atoms with Crippen molar-refractivity contribution in [3.8, 4) is 0 Å². The SMILES string of the molecule is NC(=O)CCNC(=O)Nc1cccc(NC(=O)c2cnn3c2CCC3)c1. The topological polar surface area (TPSA) is 131 Å². The minimum atomic E-state index is -0.485. The van der Waals surface area contributed by atoms with Gasteiger partial charge in [0.2, 0.25) is 5.91 Å². The fourth-order valence-electron chi connectivity index (χ4n) is 2.80. The molecule has 0 saturated heterocycles. The Labute approximate surface area is 149 Å². The third kappa shape index (κ3) is 4.18. The number of nitrogens with one attached hydrogen (secondary N) is 3. The Balaban J connectivity index is 1.59. The highest BCUT2D eigenvalue weighted by molar-refractivity contribution is 6.05. The number of hydrogen-bond donors (Lipinski definition) is 4. The molecule has 9 heteroatoms. The predicted octanol–water partition coefficient (Wildman–Crippen LogP) is 1.08. The third-order valence-electron chi connectivity index (χ3n) is 4.01. The molecule has 136 valence electrons. The molecule has 0 saturated carbocycles. The van der Waals surface area contributed by atoms with E-state index in [4.69, 9.17) is 5.73 Å². The first-order valence-electron chi connectivity index (χ1n) is 8.32. The van der Waals surface area contributed by atoms with Gasteiger partial charge in [0.25, 0.3) is 5.91 Å². The van der Waals surface area contributed by atoms with E-state index in [0.29, 0.717) is 16.9 Å². The van der Waals surface area contributed by atoms with E-state index in [9.17, 15) is 14.4 Å². The van der Waals surface area contributed by atoms with Crippen LogP contribution in [0.4, 0.5) is 16.2 Å². The third-order valence-corrected chi connectivity index (χ3v) is 4.01. The number of benzene rings is 1. The van der Waals surface area contributed by atoms with Gasteiger partial charge in [-0.1, -0.05) is 6.07 Å². The normalized spacial score (nSPS) is 12.3. The van der Waals surface area contributed by atoms with E-state index < -0.39 is 11.9 Å². The molecular weight excluding hydrogens is 336 g/mol. The van der Waals surface area contributed by atoms with Crippen LogP contribution in [0.3, 0.4) is 0 Å². The predicted molar refractivity (Wildman–Crippen MR) is 95.8 cm³/mol. The molecule has 1 aromatic heterocycles. The van der Waals surface area contributed by atoms with Crippen molar-refractivity contribution in [3.05, 3.63) is 41.7 Å². The van der Waals surface area contributed by atoms with E-state index in [1.807, 2.05) is 4.68 Å². The molecule has 0 unspecified atom stereocenters. The zero-order valence-corrected chi connectivity index (χ0v) is 14.1. The van der Waals surface area contributed by atoms with Gasteiger partial charge in [0, 0.05) is 30.9 Å². The Morgan fingerprint density at radius 3 is 2.73 bits per heavy atom. The fourth-order valence-corrected chi connectivity index (χ4v) is 2.80. The molecule has 3 rings (SSSR count). The molecule has 5 N–H and O–H groups in total. The Morgan fingerprint density at radius 1 is 1.19 bits per heavy atom. The molecule has 9 nitrogen and oxygen atoms in total. The van der Waals surface area contributed by atoms with Gasteiger partial charge in [0.05, 0.1) is 17.5 Å². The zero-order chi connectivity index (χ0) is 18.5. The highest BCUT2D eigenvalue weighted by Gasteiger charge is 2.21. The van der Waals surface area contributed by atoms with E-state index >= 15 is 0 Å². The van der Waals surface area contributed by atoms with Crippen molar-refractivity contribution in [1.29, 1.82) is 0 Å². The first kappa shape index (κ1) is 17.5. The van der Waals surface area contributed by atoms with Crippen LogP contribution in [-0.2, 0) is 17.8 Å². The summed E-state index contributed by atoms with van der Waals surface area (Å²) in [6, 6.07) is 6.34. The number of rotatable bonds is 6. The summed E-state index contributed by atoms with van der Waals surface area (Å²) in [6.45, 7) is 0.997. The van der Waals surface area contributed by atoms with Crippen molar-refractivity contribution in [1.82, 2.24) is 15.1 Å². The van der Waals surface area contributed by atoms with E-state index in [2.05, 4.69) is 21.0 Å². The number of amides is 4. The standard InChI is InChI=1S/C17H20N6O3/c18-15(24)6-7-19-17(26)22-12-4-1-3-11(9-12)21-16(25)13-10-20-23-8-2-5-14(13)23/h1,3-4,9-10H,2,5-8H2,(H2,18,24)(H,21,25)(H2,19,22,26). The van der Waals surface area contributed by atoms with Crippen LogP contribution >= 0.6 is 0 Å². The number of nitrogens with two attached hydrogens (primary N) is 1. The van der Waals surface area contributed by atoms with Gasteiger partial charge in [0.15, 0.2) is 0 Å². The van der Waals surface area contributed by atoms with Gasteiger partial charge in [-0.2, -0.15) is 5.10 Å². The molecule has 2 aromatic rings. The lowest BCUT2D eigenvalue weighted by Crippen LogP contribution is -2.31. The van der Waals surface area contributed by atoms with Crippen LogP contribution in [0.5, 0.6) is 0 Å². The first-order valence-corrected chi connectivity index (χ1v) is 8.32. The van der Waals surface area contributed by atoms with Crippen LogP contribution in [0.1, 0.15) is 28.9 Å². The molecule has 0 radical (unpaired) electrons. The molecule has 0 spiro atoms. The number of fused-ring (bicyclic) bond motifs is 1. The van der Waals surface area contributed by atoms with Gasteiger partial charge >= 0.3 is 6.03 Å². The molecule has 1 aliphatic heterocycles. The summed E-state index contributed by atoms with van der Waals surface area (Å²) in [4.78, 5) is 34.9. The van der Waals surface area contributed by atoms with Crippen LogP contribution in [-0.4, -0.2) is 34.2 Å². The van der Waals surface area contributed by atoms with Gasteiger partial charge < -0.3 is 21.7 Å². The molecule has 0 bridgehead atoms. The van der Waals surface area contributed by atoms with Crippen LogP contribution < -0.4 is 21.7 Å². The number of primary amides is 1. The number of aromatic nitrogens is 2. The highest BCUT2D eigenvalue weighted by Crippen LogP contribution is 2.21. The Bertz CT molecular complexity index is 845. The number of anilines is 2. The summed E-state index contributed by atoms with van der Waals surface area (Å²) in [5.41, 5.74) is 7.61. The monoisotopic (exact) mass is 356 g/mol. The van der Waals surface area contributed by atoms with Crippen molar-refractivity contribution >= 4 is 29.2 Å². The molecule has 0 aliphatic carbocycles. The average Bonchev–Trinajstić information content (AvgIpc) is 3.17.